The summed E-state index contributed by atoms with van der Waals surface area (Å²) in [5.74, 6) is 0.585. The van der Waals surface area contributed by atoms with E-state index >= 15 is 0 Å². The Balaban J connectivity index is 1.35. The van der Waals surface area contributed by atoms with E-state index in [0.717, 1.165) is 35.3 Å². The minimum Gasteiger partial charge on any atom is -0.497 e. The van der Waals surface area contributed by atoms with Crippen LogP contribution in [-0.2, 0) is 6.42 Å². The second-order valence-corrected chi connectivity index (χ2v) is 6.79. The topological polar surface area (TPSA) is 76.1 Å². The Hall–Kier alpha value is -3.93. The van der Waals surface area contributed by atoms with Crippen molar-refractivity contribution in [2.75, 3.05) is 24.3 Å². The third-order valence-electron chi connectivity index (χ3n) is 4.78. The van der Waals surface area contributed by atoms with Gasteiger partial charge in [-0.25, -0.2) is 4.98 Å². The molecule has 0 aliphatic carbocycles. The average molecular weight is 398 g/mol. The molecule has 0 spiro atoms. The van der Waals surface area contributed by atoms with Crippen molar-refractivity contribution >= 4 is 28.2 Å². The van der Waals surface area contributed by atoms with Gasteiger partial charge in [0.25, 0.3) is 5.91 Å². The zero-order valence-electron chi connectivity index (χ0n) is 16.6. The predicted molar refractivity (Wildman–Crippen MR) is 119 cm³/mol. The summed E-state index contributed by atoms with van der Waals surface area (Å²) < 4.78 is 5.17. The number of amides is 1. The molecule has 2 aromatic heterocycles. The number of nitrogens with one attached hydrogen (secondary N) is 2. The molecule has 0 atom stereocenters. The molecule has 30 heavy (non-hydrogen) atoms. The molecule has 0 radical (unpaired) electrons. The van der Waals surface area contributed by atoms with Gasteiger partial charge < -0.3 is 15.4 Å². The first kappa shape index (κ1) is 19.4. The molecule has 0 saturated heterocycles. The van der Waals surface area contributed by atoms with Gasteiger partial charge in [-0.05, 0) is 48.4 Å². The highest BCUT2D eigenvalue weighted by atomic mass is 16.5. The number of nitrogens with zero attached hydrogens (tertiary/aromatic N) is 2. The summed E-state index contributed by atoms with van der Waals surface area (Å²) in [6.07, 6.45) is 4.26. The summed E-state index contributed by atoms with van der Waals surface area (Å²) in [4.78, 5) is 21.2. The maximum atomic E-state index is 12.6. The first-order valence-electron chi connectivity index (χ1n) is 9.71. The van der Waals surface area contributed by atoms with E-state index in [1.807, 2.05) is 60.7 Å². The SMILES string of the molecule is COc1ccc(CCNc2ccc(C(=O)Nc3cccc4cccnc34)nc2)cc1. The van der Waals surface area contributed by atoms with E-state index in [1.54, 1.807) is 25.6 Å². The molecule has 0 saturated carbocycles. The number of ether oxygens (including phenoxy) is 1. The summed E-state index contributed by atoms with van der Waals surface area (Å²) in [6.45, 7) is 0.765. The molecule has 6 nitrogen and oxygen atoms in total. The minimum atomic E-state index is -0.266. The van der Waals surface area contributed by atoms with Crippen LogP contribution in [-0.4, -0.2) is 29.5 Å². The lowest BCUT2D eigenvalue weighted by molar-refractivity contribution is 0.102. The van der Waals surface area contributed by atoms with Crippen LogP contribution in [0.4, 0.5) is 11.4 Å². The number of carbonyl (C=O) groups excluding carboxylic acids is 1. The molecule has 150 valence electrons. The molecule has 2 heterocycles. The number of anilines is 2. The third-order valence-corrected chi connectivity index (χ3v) is 4.78. The second kappa shape index (κ2) is 9.05. The lowest BCUT2D eigenvalue weighted by atomic mass is 10.1. The largest absolute Gasteiger partial charge is 0.497 e. The molecule has 4 aromatic rings. The molecule has 1 amide bonds. The Morgan fingerprint density at radius 3 is 2.57 bits per heavy atom. The third kappa shape index (κ3) is 4.55. The lowest BCUT2D eigenvalue weighted by Gasteiger charge is -2.09. The summed E-state index contributed by atoms with van der Waals surface area (Å²) in [7, 11) is 1.66. The van der Waals surface area contributed by atoms with Crippen LogP contribution in [0, 0.1) is 0 Å². The number of aromatic nitrogens is 2. The van der Waals surface area contributed by atoms with Gasteiger partial charge in [0.05, 0.1) is 30.2 Å². The highest BCUT2D eigenvalue weighted by Crippen LogP contribution is 2.21. The van der Waals surface area contributed by atoms with Crippen LogP contribution < -0.4 is 15.4 Å². The Bertz CT molecular complexity index is 1140. The van der Waals surface area contributed by atoms with Gasteiger partial charge in [-0.2, -0.15) is 0 Å². The van der Waals surface area contributed by atoms with Gasteiger partial charge in [-0.3, -0.25) is 9.78 Å². The first-order valence-corrected chi connectivity index (χ1v) is 9.71. The van der Waals surface area contributed by atoms with Gasteiger partial charge in [-0.15, -0.1) is 0 Å². The number of pyridine rings is 2. The van der Waals surface area contributed by atoms with E-state index in [9.17, 15) is 4.79 Å². The zero-order valence-corrected chi connectivity index (χ0v) is 16.6. The van der Waals surface area contributed by atoms with Crippen molar-refractivity contribution in [3.8, 4) is 5.75 Å². The molecule has 2 aromatic carbocycles. The van der Waals surface area contributed by atoms with Crippen LogP contribution >= 0.6 is 0 Å². The van der Waals surface area contributed by atoms with Crippen molar-refractivity contribution in [1.82, 2.24) is 9.97 Å². The number of fused-ring (bicyclic) bond motifs is 1. The smallest absolute Gasteiger partial charge is 0.274 e. The second-order valence-electron chi connectivity index (χ2n) is 6.79. The molecule has 2 N–H and O–H groups in total. The Morgan fingerprint density at radius 2 is 1.80 bits per heavy atom. The van der Waals surface area contributed by atoms with Crippen molar-refractivity contribution < 1.29 is 9.53 Å². The number of rotatable bonds is 7. The first-order chi connectivity index (χ1) is 14.7. The van der Waals surface area contributed by atoms with Crippen molar-refractivity contribution in [3.05, 3.63) is 90.4 Å². The van der Waals surface area contributed by atoms with Crippen LogP contribution in [0.15, 0.2) is 79.1 Å². The van der Waals surface area contributed by atoms with Crippen LogP contribution in [0.1, 0.15) is 16.1 Å². The summed E-state index contributed by atoms with van der Waals surface area (Å²) in [5, 5.41) is 7.20. The van der Waals surface area contributed by atoms with E-state index in [-0.39, 0.29) is 5.91 Å². The van der Waals surface area contributed by atoms with Crippen LogP contribution in [0.3, 0.4) is 0 Å². The van der Waals surface area contributed by atoms with E-state index in [0.29, 0.717) is 11.4 Å². The molecule has 0 bridgehead atoms. The minimum absolute atomic E-state index is 0.266. The Kier molecular flexibility index (Phi) is 5.85. The van der Waals surface area contributed by atoms with Crippen molar-refractivity contribution in [2.45, 2.75) is 6.42 Å². The fraction of sp³-hybridized carbons (Fsp3) is 0.125. The van der Waals surface area contributed by atoms with Crippen LogP contribution in [0.2, 0.25) is 0 Å². The van der Waals surface area contributed by atoms with Crippen molar-refractivity contribution in [2.24, 2.45) is 0 Å². The molecular formula is C24H22N4O2. The highest BCUT2D eigenvalue weighted by molar-refractivity contribution is 6.07. The molecule has 6 heteroatoms. The van der Waals surface area contributed by atoms with E-state index in [4.69, 9.17) is 4.74 Å². The summed E-state index contributed by atoms with van der Waals surface area (Å²) in [6, 6.07) is 21.1. The van der Waals surface area contributed by atoms with E-state index in [1.165, 1.54) is 5.56 Å². The van der Waals surface area contributed by atoms with Gasteiger partial charge >= 0.3 is 0 Å². The fourth-order valence-corrected chi connectivity index (χ4v) is 3.17. The molecule has 0 aliphatic heterocycles. The molecule has 0 aliphatic rings. The molecule has 0 unspecified atom stereocenters. The summed E-state index contributed by atoms with van der Waals surface area (Å²) in [5.41, 5.74) is 3.86. The molecule has 4 rings (SSSR count). The van der Waals surface area contributed by atoms with Gasteiger partial charge in [0, 0.05) is 18.1 Å². The molecule has 0 fully saturated rings. The lowest BCUT2D eigenvalue weighted by Crippen LogP contribution is -2.14. The van der Waals surface area contributed by atoms with Crippen molar-refractivity contribution in [3.63, 3.8) is 0 Å². The normalized spacial score (nSPS) is 10.6. The van der Waals surface area contributed by atoms with E-state index < -0.39 is 0 Å². The Morgan fingerprint density at radius 1 is 0.967 bits per heavy atom. The van der Waals surface area contributed by atoms with Gasteiger partial charge in [0.1, 0.15) is 11.4 Å². The quantitative estimate of drug-likeness (QED) is 0.478. The van der Waals surface area contributed by atoms with Crippen LogP contribution in [0.5, 0.6) is 5.75 Å². The maximum absolute atomic E-state index is 12.6. The zero-order chi connectivity index (χ0) is 20.8. The van der Waals surface area contributed by atoms with E-state index in [2.05, 4.69) is 20.6 Å². The van der Waals surface area contributed by atoms with Gasteiger partial charge in [-0.1, -0.05) is 30.3 Å². The monoisotopic (exact) mass is 398 g/mol. The number of hydrogen-bond acceptors (Lipinski definition) is 5. The van der Waals surface area contributed by atoms with Gasteiger partial charge in [0.2, 0.25) is 0 Å². The standard InChI is InChI=1S/C24H22N4O2/c1-30-20-10-7-17(8-11-20)13-15-25-19-9-12-22(27-16-19)24(29)28-21-6-2-4-18-5-3-14-26-23(18)21/h2-12,14,16,25H,13,15H2,1H3,(H,28,29). The van der Waals surface area contributed by atoms with Crippen LogP contribution in [0.25, 0.3) is 10.9 Å². The Labute approximate surface area is 175 Å². The fourth-order valence-electron chi connectivity index (χ4n) is 3.17. The number of hydrogen-bond donors (Lipinski definition) is 2. The van der Waals surface area contributed by atoms with Gasteiger partial charge in [0.15, 0.2) is 0 Å². The number of carbonyl (C=O) groups is 1. The van der Waals surface area contributed by atoms with Crippen molar-refractivity contribution in [1.29, 1.82) is 0 Å². The highest BCUT2D eigenvalue weighted by Gasteiger charge is 2.10. The number of benzene rings is 2. The molecular weight excluding hydrogens is 376 g/mol. The maximum Gasteiger partial charge on any atom is 0.274 e. The average Bonchev–Trinajstić information content (AvgIpc) is 2.80. The number of methoxy groups -OCH3 is 1. The summed E-state index contributed by atoms with van der Waals surface area (Å²) >= 11 is 0. The predicted octanol–water partition coefficient (Wildman–Crippen LogP) is 4.55. The number of para-hydroxylation sites is 1.